The molecule has 19 heavy (non-hydrogen) atoms. The zero-order chi connectivity index (χ0) is 13.8. The summed E-state index contributed by atoms with van der Waals surface area (Å²) in [6.07, 6.45) is 2.67. The molecule has 0 unspecified atom stereocenters. The first-order chi connectivity index (χ1) is 9.11. The van der Waals surface area contributed by atoms with Gasteiger partial charge in [0.25, 0.3) is 5.69 Å². The molecule has 0 amide bonds. The van der Waals surface area contributed by atoms with E-state index in [9.17, 15) is 10.1 Å². The highest BCUT2D eigenvalue weighted by Gasteiger charge is 2.13. The molecule has 0 radical (unpaired) electrons. The molecule has 1 heterocycles. The fourth-order valence-corrected chi connectivity index (χ4v) is 2.25. The van der Waals surface area contributed by atoms with Crippen LogP contribution in [0.1, 0.15) is 16.8 Å². The van der Waals surface area contributed by atoms with E-state index in [4.69, 9.17) is 0 Å². The van der Waals surface area contributed by atoms with E-state index in [1.54, 1.807) is 17.7 Å². The highest BCUT2D eigenvalue weighted by molar-refractivity contribution is 9.09. The molecule has 0 spiro atoms. The smallest absolute Gasteiger partial charge is 0.258 e. The lowest BCUT2D eigenvalue weighted by molar-refractivity contribution is -0.385. The Morgan fingerprint density at radius 1 is 1.47 bits per heavy atom. The Balaban J connectivity index is 2.23. The van der Waals surface area contributed by atoms with Crippen molar-refractivity contribution in [2.24, 2.45) is 0 Å². The van der Waals surface area contributed by atoms with Crippen LogP contribution in [-0.4, -0.2) is 25.2 Å². The molecule has 0 bridgehead atoms. The van der Waals surface area contributed by atoms with Gasteiger partial charge in [-0.1, -0.05) is 33.3 Å². The van der Waals surface area contributed by atoms with Crippen molar-refractivity contribution in [3.63, 3.8) is 0 Å². The number of nitro groups is 1. The van der Waals surface area contributed by atoms with Gasteiger partial charge in [0.15, 0.2) is 0 Å². The van der Waals surface area contributed by atoms with Crippen LogP contribution in [0.4, 0.5) is 5.69 Å². The van der Waals surface area contributed by atoms with Gasteiger partial charge in [0.2, 0.25) is 0 Å². The van der Waals surface area contributed by atoms with Gasteiger partial charge in [-0.3, -0.25) is 10.1 Å². The van der Waals surface area contributed by atoms with Crippen LogP contribution >= 0.6 is 15.9 Å². The molecule has 0 saturated heterocycles. The summed E-state index contributed by atoms with van der Waals surface area (Å²) >= 11 is 3.35. The average Bonchev–Trinajstić information content (AvgIpc) is 2.79. The van der Waals surface area contributed by atoms with Crippen LogP contribution in [0.2, 0.25) is 0 Å². The maximum absolute atomic E-state index is 10.9. The lowest BCUT2D eigenvalue weighted by atomic mass is 10.1. The zero-order valence-corrected chi connectivity index (χ0v) is 12.0. The van der Waals surface area contributed by atoms with E-state index >= 15 is 0 Å². The number of aromatic nitrogens is 3. The summed E-state index contributed by atoms with van der Waals surface area (Å²) in [4.78, 5) is 10.5. The number of aryl methyl sites for hydroxylation is 1. The minimum atomic E-state index is -0.365. The van der Waals surface area contributed by atoms with Crippen molar-refractivity contribution in [2.75, 3.05) is 5.33 Å². The monoisotopic (exact) mass is 324 g/mol. The maximum Gasteiger partial charge on any atom is 0.272 e. The summed E-state index contributed by atoms with van der Waals surface area (Å²) in [5.41, 5.74) is 2.59. The molecule has 0 N–H and O–H groups in total. The average molecular weight is 325 g/mol. The number of benzene rings is 1. The highest BCUT2D eigenvalue weighted by atomic mass is 79.9. The van der Waals surface area contributed by atoms with Crippen molar-refractivity contribution in [3.8, 4) is 0 Å². The van der Waals surface area contributed by atoms with Gasteiger partial charge in [-0.2, -0.15) is 0 Å². The molecule has 7 heteroatoms. The lowest BCUT2D eigenvalue weighted by Gasteiger charge is -2.05. The third-order valence-corrected chi connectivity index (χ3v) is 3.28. The Bertz CT molecular complexity index is 597. The SMILES string of the molecule is Cc1c(Cn2cc(CCBr)nn2)cccc1[N+](=O)[O-]. The van der Waals surface area contributed by atoms with E-state index in [1.807, 2.05) is 12.3 Å². The quantitative estimate of drug-likeness (QED) is 0.481. The predicted octanol–water partition coefficient (Wildman–Crippen LogP) is 2.48. The van der Waals surface area contributed by atoms with Crippen LogP contribution in [0.3, 0.4) is 0 Å². The Labute approximate surface area is 118 Å². The van der Waals surface area contributed by atoms with Crippen LogP contribution in [-0.2, 0) is 13.0 Å². The zero-order valence-electron chi connectivity index (χ0n) is 10.4. The van der Waals surface area contributed by atoms with Gasteiger partial charge in [0.1, 0.15) is 0 Å². The Hall–Kier alpha value is -1.76. The Morgan fingerprint density at radius 3 is 2.95 bits per heavy atom. The van der Waals surface area contributed by atoms with E-state index in [0.717, 1.165) is 23.0 Å². The number of rotatable bonds is 5. The van der Waals surface area contributed by atoms with Crippen molar-refractivity contribution >= 4 is 21.6 Å². The number of halogens is 1. The molecule has 1 aromatic heterocycles. The number of alkyl halides is 1. The minimum absolute atomic E-state index is 0.137. The molecule has 6 nitrogen and oxygen atoms in total. The standard InChI is InChI=1S/C12H13BrN4O2/c1-9-10(3-2-4-12(9)17(18)19)7-16-8-11(5-6-13)14-15-16/h2-4,8H,5-7H2,1H3. The summed E-state index contributed by atoms with van der Waals surface area (Å²) < 4.78 is 1.70. The second kappa shape index (κ2) is 5.92. The van der Waals surface area contributed by atoms with Gasteiger partial charge >= 0.3 is 0 Å². The summed E-state index contributed by atoms with van der Waals surface area (Å²) in [5, 5.41) is 19.8. The molecule has 1 aromatic carbocycles. The Morgan fingerprint density at radius 2 is 2.26 bits per heavy atom. The molecular weight excluding hydrogens is 312 g/mol. The van der Waals surface area contributed by atoms with Crippen molar-refractivity contribution in [1.82, 2.24) is 15.0 Å². The molecule has 2 rings (SSSR count). The topological polar surface area (TPSA) is 73.8 Å². The van der Waals surface area contributed by atoms with Gasteiger partial charge < -0.3 is 0 Å². The number of nitrogens with zero attached hydrogens (tertiary/aromatic N) is 4. The largest absolute Gasteiger partial charge is 0.272 e. The lowest BCUT2D eigenvalue weighted by Crippen LogP contribution is -2.04. The van der Waals surface area contributed by atoms with Crippen LogP contribution in [0.5, 0.6) is 0 Å². The highest BCUT2D eigenvalue weighted by Crippen LogP contribution is 2.21. The number of hydrogen-bond acceptors (Lipinski definition) is 4. The first-order valence-corrected chi connectivity index (χ1v) is 6.92. The van der Waals surface area contributed by atoms with E-state index < -0.39 is 0 Å². The van der Waals surface area contributed by atoms with Crippen molar-refractivity contribution in [1.29, 1.82) is 0 Å². The molecule has 0 aliphatic rings. The summed E-state index contributed by atoms with van der Waals surface area (Å²) in [7, 11) is 0. The van der Waals surface area contributed by atoms with Crippen LogP contribution in [0.25, 0.3) is 0 Å². The van der Waals surface area contributed by atoms with E-state index in [0.29, 0.717) is 12.1 Å². The molecule has 0 saturated carbocycles. The summed E-state index contributed by atoms with van der Waals surface area (Å²) in [5.74, 6) is 0. The van der Waals surface area contributed by atoms with Crippen LogP contribution in [0, 0.1) is 17.0 Å². The first-order valence-electron chi connectivity index (χ1n) is 5.79. The normalized spacial score (nSPS) is 10.6. The van der Waals surface area contributed by atoms with Crippen molar-refractivity contribution < 1.29 is 4.92 Å². The van der Waals surface area contributed by atoms with Gasteiger partial charge in [0.05, 0.1) is 17.2 Å². The minimum Gasteiger partial charge on any atom is -0.258 e. The molecule has 0 fully saturated rings. The third-order valence-electron chi connectivity index (χ3n) is 2.88. The molecule has 0 atom stereocenters. The van der Waals surface area contributed by atoms with Crippen molar-refractivity contribution in [2.45, 2.75) is 19.9 Å². The molecular formula is C12H13BrN4O2. The van der Waals surface area contributed by atoms with Crippen molar-refractivity contribution in [3.05, 3.63) is 51.3 Å². The third kappa shape index (κ3) is 3.17. The second-order valence-electron chi connectivity index (χ2n) is 4.16. The Kier molecular flexibility index (Phi) is 4.26. The van der Waals surface area contributed by atoms with Gasteiger partial charge in [-0.05, 0) is 12.5 Å². The molecule has 0 aliphatic heterocycles. The molecule has 2 aromatic rings. The van der Waals surface area contributed by atoms with E-state index in [1.165, 1.54) is 6.07 Å². The van der Waals surface area contributed by atoms with Gasteiger partial charge in [-0.25, -0.2) is 4.68 Å². The fourth-order valence-electron chi connectivity index (χ4n) is 1.84. The number of hydrogen-bond donors (Lipinski definition) is 0. The van der Waals surface area contributed by atoms with E-state index in [2.05, 4.69) is 26.2 Å². The number of nitro benzene ring substituents is 1. The maximum atomic E-state index is 10.9. The van der Waals surface area contributed by atoms with Crippen LogP contribution in [0.15, 0.2) is 24.4 Å². The first kappa shape index (κ1) is 13.7. The second-order valence-corrected chi connectivity index (χ2v) is 4.96. The summed E-state index contributed by atoms with van der Waals surface area (Å²) in [6, 6.07) is 5.07. The molecule has 100 valence electrons. The van der Waals surface area contributed by atoms with Gasteiger partial charge in [0, 0.05) is 29.6 Å². The fraction of sp³-hybridized carbons (Fsp3) is 0.333. The van der Waals surface area contributed by atoms with E-state index in [-0.39, 0.29) is 10.6 Å². The van der Waals surface area contributed by atoms with Crippen LogP contribution < -0.4 is 0 Å². The predicted molar refractivity (Wildman–Crippen MR) is 74.5 cm³/mol. The summed E-state index contributed by atoms with van der Waals surface area (Å²) in [6.45, 7) is 2.24. The van der Waals surface area contributed by atoms with Gasteiger partial charge in [-0.15, -0.1) is 5.10 Å². The molecule has 0 aliphatic carbocycles.